The molecule has 9 heteroatoms. The molecule has 5 rings (SSSR count). The number of aromatic amines is 1. The number of nitrogens with one attached hydrogen (secondary N) is 2. The third-order valence-electron chi connectivity index (χ3n) is 4.39. The van der Waals surface area contributed by atoms with Crippen molar-refractivity contribution < 1.29 is 4.84 Å². The number of anilines is 2. The van der Waals surface area contributed by atoms with E-state index >= 15 is 0 Å². The molecule has 4 heterocycles. The van der Waals surface area contributed by atoms with E-state index in [0.717, 1.165) is 11.4 Å². The smallest absolute Gasteiger partial charge is 0.272 e. The van der Waals surface area contributed by atoms with E-state index in [2.05, 4.69) is 35.2 Å². The van der Waals surface area contributed by atoms with Gasteiger partial charge in [0, 0.05) is 12.4 Å². The zero-order valence-electron chi connectivity index (χ0n) is 14.9. The highest BCUT2D eigenvalue weighted by atomic mass is 16.7. The van der Waals surface area contributed by atoms with Crippen molar-refractivity contribution in [3.05, 3.63) is 66.8 Å². The number of hydrogen-bond donors (Lipinski definition) is 2. The van der Waals surface area contributed by atoms with Crippen molar-refractivity contribution in [3.8, 4) is 5.88 Å². The molecule has 0 aliphatic carbocycles. The summed E-state index contributed by atoms with van der Waals surface area (Å²) in [6, 6.07) is 9.65. The molecule has 0 fully saturated rings. The van der Waals surface area contributed by atoms with E-state index in [1.807, 2.05) is 43.3 Å². The Morgan fingerprint density at radius 2 is 1.89 bits per heavy atom. The summed E-state index contributed by atoms with van der Waals surface area (Å²) in [5.41, 5.74) is 3.77. The first kappa shape index (κ1) is 16.2. The Hall–Kier alpha value is -4.01. The number of hydroxylamine groups is 1. The average Bonchev–Trinajstić information content (AvgIpc) is 3.23. The van der Waals surface area contributed by atoms with Crippen LogP contribution in [0.25, 0.3) is 17.2 Å². The standard InChI is InChI=1S/C19H16N8O/c1-12(26-18-16-17(23-10-22-16)24-11-25-18)15-9-14-19(21-8-7-20-14)28-27(15)13-5-3-2-4-6-13/h2-12H,1H3,(H2,22,23,24,25,26). The molecule has 0 saturated heterocycles. The molecule has 1 aromatic carbocycles. The Labute approximate surface area is 160 Å². The predicted molar refractivity (Wildman–Crippen MR) is 104 cm³/mol. The van der Waals surface area contributed by atoms with Gasteiger partial charge in [-0.2, -0.15) is 5.06 Å². The van der Waals surface area contributed by atoms with Crippen molar-refractivity contribution >= 4 is 28.7 Å². The normalized spacial score (nSPS) is 14.2. The molecule has 2 N–H and O–H groups in total. The number of nitrogens with zero attached hydrogens (tertiary/aromatic N) is 6. The van der Waals surface area contributed by atoms with Crippen molar-refractivity contribution in [2.45, 2.75) is 13.0 Å². The first-order valence-corrected chi connectivity index (χ1v) is 8.76. The van der Waals surface area contributed by atoms with Crippen LogP contribution in [0.15, 0.2) is 61.1 Å². The number of rotatable bonds is 4. The van der Waals surface area contributed by atoms with Crippen molar-refractivity contribution in [1.82, 2.24) is 29.9 Å². The zero-order valence-corrected chi connectivity index (χ0v) is 14.9. The number of hydrogen-bond acceptors (Lipinski definition) is 8. The first-order chi connectivity index (χ1) is 13.8. The number of fused-ring (bicyclic) bond motifs is 2. The third kappa shape index (κ3) is 2.78. The summed E-state index contributed by atoms with van der Waals surface area (Å²) in [4.78, 5) is 30.5. The summed E-state index contributed by atoms with van der Waals surface area (Å²) in [5, 5.41) is 5.15. The first-order valence-electron chi connectivity index (χ1n) is 8.76. The summed E-state index contributed by atoms with van der Waals surface area (Å²) in [5.74, 6) is 1.09. The van der Waals surface area contributed by atoms with Gasteiger partial charge in [-0.1, -0.05) is 18.2 Å². The number of H-pyrrole nitrogens is 1. The minimum absolute atomic E-state index is 0.162. The minimum atomic E-state index is -0.162. The summed E-state index contributed by atoms with van der Waals surface area (Å²) in [6.07, 6.45) is 8.30. The molecule has 0 saturated carbocycles. The summed E-state index contributed by atoms with van der Waals surface area (Å²) < 4.78 is 0. The highest BCUT2D eigenvalue weighted by molar-refractivity contribution is 5.82. The lowest BCUT2D eigenvalue weighted by Gasteiger charge is -2.33. The fraction of sp³-hybridized carbons (Fsp3) is 0.105. The van der Waals surface area contributed by atoms with E-state index in [0.29, 0.717) is 28.6 Å². The van der Waals surface area contributed by atoms with Crippen LogP contribution in [-0.2, 0) is 0 Å². The monoisotopic (exact) mass is 372 g/mol. The van der Waals surface area contributed by atoms with E-state index in [1.54, 1.807) is 23.8 Å². The van der Waals surface area contributed by atoms with Crippen LogP contribution >= 0.6 is 0 Å². The second kappa shape index (κ2) is 6.62. The lowest BCUT2D eigenvalue weighted by molar-refractivity contribution is 0.283. The van der Waals surface area contributed by atoms with Gasteiger partial charge >= 0.3 is 0 Å². The maximum absolute atomic E-state index is 6.06. The van der Waals surface area contributed by atoms with Crippen molar-refractivity contribution in [3.63, 3.8) is 0 Å². The van der Waals surface area contributed by atoms with Crippen LogP contribution in [-0.4, -0.2) is 35.9 Å². The maximum Gasteiger partial charge on any atom is 0.272 e. The number of imidazole rings is 1. The van der Waals surface area contributed by atoms with Crippen LogP contribution in [0.5, 0.6) is 5.88 Å². The SMILES string of the molecule is CC(Nc1ncnc2[nH]cnc12)C1=Cc2nccnc2ON1c1ccccc1. The number of benzene rings is 1. The number of aromatic nitrogens is 6. The molecule has 4 aromatic rings. The van der Waals surface area contributed by atoms with E-state index in [4.69, 9.17) is 4.84 Å². The molecule has 0 radical (unpaired) electrons. The lowest BCUT2D eigenvalue weighted by atomic mass is 10.1. The van der Waals surface area contributed by atoms with Crippen LogP contribution in [0.2, 0.25) is 0 Å². The summed E-state index contributed by atoms with van der Waals surface area (Å²) >= 11 is 0. The Morgan fingerprint density at radius 1 is 1.04 bits per heavy atom. The molecular formula is C19H16N8O. The predicted octanol–water partition coefficient (Wildman–Crippen LogP) is 2.80. The van der Waals surface area contributed by atoms with E-state index < -0.39 is 0 Å². The fourth-order valence-corrected chi connectivity index (χ4v) is 3.06. The largest absolute Gasteiger partial charge is 0.360 e. The Balaban J connectivity index is 1.54. The van der Waals surface area contributed by atoms with Crippen LogP contribution in [0.4, 0.5) is 11.5 Å². The van der Waals surface area contributed by atoms with E-state index in [9.17, 15) is 0 Å². The highest BCUT2D eigenvalue weighted by Crippen LogP contribution is 2.32. The minimum Gasteiger partial charge on any atom is -0.360 e. The van der Waals surface area contributed by atoms with Gasteiger partial charge in [-0.05, 0) is 25.1 Å². The molecule has 28 heavy (non-hydrogen) atoms. The van der Waals surface area contributed by atoms with Crippen molar-refractivity contribution in [1.29, 1.82) is 0 Å². The van der Waals surface area contributed by atoms with Gasteiger partial charge in [0.1, 0.15) is 17.5 Å². The lowest BCUT2D eigenvalue weighted by Crippen LogP contribution is -2.37. The molecule has 138 valence electrons. The highest BCUT2D eigenvalue weighted by Gasteiger charge is 2.27. The quantitative estimate of drug-likeness (QED) is 0.563. The summed E-state index contributed by atoms with van der Waals surface area (Å²) in [7, 11) is 0. The second-order valence-electron chi connectivity index (χ2n) is 6.23. The average molecular weight is 372 g/mol. The van der Waals surface area contributed by atoms with Crippen LogP contribution in [0.3, 0.4) is 0 Å². The molecule has 3 aromatic heterocycles. The molecule has 0 spiro atoms. The summed E-state index contributed by atoms with van der Waals surface area (Å²) in [6.45, 7) is 2.02. The van der Waals surface area contributed by atoms with E-state index in [1.165, 1.54) is 6.33 Å². The Morgan fingerprint density at radius 3 is 2.79 bits per heavy atom. The molecule has 9 nitrogen and oxygen atoms in total. The van der Waals surface area contributed by atoms with Gasteiger partial charge in [0.15, 0.2) is 11.5 Å². The zero-order chi connectivity index (χ0) is 18.9. The second-order valence-corrected chi connectivity index (χ2v) is 6.23. The fourth-order valence-electron chi connectivity index (χ4n) is 3.06. The van der Waals surface area contributed by atoms with Gasteiger partial charge < -0.3 is 15.1 Å². The van der Waals surface area contributed by atoms with E-state index in [-0.39, 0.29) is 6.04 Å². The molecule has 0 bridgehead atoms. The van der Waals surface area contributed by atoms with Gasteiger partial charge in [-0.3, -0.25) is 0 Å². The molecule has 0 amide bonds. The van der Waals surface area contributed by atoms with Crippen molar-refractivity contribution in [2.24, 2.45) is 0 Å². The van der Waals surface area contributed by atoms with Crippen LogP contribution < -0.4 is 15.2 Å². The molecular weight excluding hydrogens is 356 g/mol. The topological polar surface area (TPSA) is 105 Å². The van der Waals surface area contributed by atoms with Gasteiger partial charge in [-0.15, -0.1) is 0 Å². The Bertz CT molecular complexity index is 1160. The van der Waals surface area contributed by atoms with Gasteiger partial charge in [0.05, 0.1) is 23.8 Å². The van der Waals surface area contributed by atoms with Crippen LogP contribution in [0.1, 0.15) is 12.6 Å². The van der Waals surface area contributed by atoms with Crippen LogP contribution in [0, 0.1) is 0 Å². The van der Waals surface area contributed by atoms with Gasteiger partial charge in [0.25, 0.3) is 5.88 Å². The van der Waals surface area contributed by atoms with Gasteiger partial charge in [0.2, 0.25) is 0 Å². The Kier molecular flexibility index (Phi) is 3.82. The molecule has 1 aliphatic heterocycles. The molecule has 1 aliphatic rings. The third-order valence-corrected chi connectivity index (χ3v) is 4.39. The van der Waals surface area contributed by atoms with Crippen molar-refractivity contribution in [2.75, 3.05) is 10.4 Å². The molecule has 1 unspecified atom stereocenters. The number of para-hydroxylation sites is 1. The maximum atomic E-state index is 6.06. The molecule has 1 atom stereocenters. The van der Waals surface area contributed by atoms with Gasteiger partial charge in [-0.25, -0.2) is 24.9 Å².